The van der Waals surface area contributed by atoms with Gasteiger partial charge in [-0.1, -0.05) is 68.9 Å². The van der Waals surface area contributed by atoms with Gasteiger partial charge in [-0.05, 0) is 66.6 Å². The Balaban J connectivity index is 1.86. The minimum absolute atomic E-state index is 0.0276. The monoisotopic (exact) mass is 588 g/mol. The SMILES string of the molecule is C[C@@H](NC(=O)CN(Cc1ccc(Cl)c(Cl)c1)S(=O)(=O)c1ccc(Cl)cc1)c1cccc(Br)c1. The summed E-state index contributed by atoms with van der Waals surface area (Å²) >= 11 is 21.4. The molecule has 0 fully saturated rings. The summed E-state index contributed by atoms with van der Waals surface area (Å²) in [6.45, 7) is 1.38. The van der Waals surface area contributed by atoms with E-state index in [1.54, 1.807) is 18.2 Å². The van der Waals surface area contributed by atoms with Crippen LogP contribution in [0.25, 0.3) is 0 Å². The van der Waals surface area contributed by atoms with E-state index < -0.39 is 15.9 Å². The normalized spacial score (nSPS) is 12.5. The first kappa shape index (κ1) is 26.0. The number of nitrogens with one attached hydrogen (secondary N) is 1. The predicted molar refractivity (Wildman–Crippen MR) is 136 cm³/mol. The number of hydrogen-bond acceptors (Lipinski definition) is 3. The zero-order valence-electron chi connectivity index (χ0n) is 17.4. The van der Waals surface area contributed by atoms with E-state index >= 15 is 0 Å². The molecule has 0 aliphatic carbocycles. The highest BCUT2D eigenvalue weighted by molar-refractivity contribution is 9.10. The van der Waals surface area contributed by atoms with Crippen LogP contribution in [0.5, 0.6) is 0 Å². The summed E-state index contributed by atoms with van der Waals surface area (Å²) < 4.78 is 28.7. The van der Waals surface area contributed by atoms with Crippen molar-refractivity contribution in [1.29, 1.82) is 0 Å². The van der Waals surface area contributed by atoms with Crippen molar-refractivity contribution in [2.24, 2.45) is 0 Å². The van der Waals surface area contributed by atoms with Gasteiger partial charge in [0.15, 0.2) is 0 Å². The number of halogens is 4. The van der Waals surface area contributed by atoms with Gasteiger partial charge < -0.3 is 5.32 Å². The molecular weight excluding hydrogens is 571 g/mol. The van der Waals surface area contributed by atoms with Gasteiger partial charge >= 0.3 is 0 Å². The summed E-state index contributed by atoms with van der Waals surface area (Å²) in [6, 6.07) is 17.8. The second kappa shape index (κ2) is 11.2. The topological polar surface area (TPSA) is 66.5 Å². The number of carbonyl (C=O) groups excluding carboxylic acids is 1. The van der Waals surface area contributed by atoms with E-state index in [0.29, 0.717) is 20.6 Å². The maximum atomic E-state index is 13.4. The lowest BCUT2D eigenvalue weighted by Crippen LogP contribution is -2.41. The van der Waals surface area contributed by atoms with Gasteiger partial charge in [0.25, 0.3) is 0 Å². The van der Waals surface area contributed by atoms with E-state index in [9.17, 15) is 13.2 Å². The molecule has 0 saturated carbocycles. The lowest BCUT2D eigenvalue weighted by molar-refractivity contribution is -0.122. The van der Waals surface area contributed by atoms with Crippen LogP contribution < -0.4 is 5.32 Å². The van der Waals surface area contributed by atoms with Gasteiger partial charge in [-0.2, -0.15) is 4.31 Å². The van der Waals surface area contributed by atoms with E-state index in [0.717, 1.165) is 14.3 Å². The van der Waals surface area contributed by atoms with Crippen LogP contribution in [0.2, 0.25) is 15.1 Å². The molecule has 0 radical (unpaired) electrons. The third kappa shape index (κ3) is 6.94. The summed E-state index contributed by atoms with van der Waals surface area (Å²) in [5, 5.41) is 3.92. The van der Waals surface area contributed by atoms with Crippen LogP contribution >= 0.6 is 50.7 Å². The molecule has 0 heterocycles. The Morgan fingerprint density at radius 2 is 1.70 bits per heavy atom. The van der Waals surface area contributed by atoms with Crippen molar-refractivity contribution in [2.45, 2.75) is 24.4 Å². The number of rotatable bonds is 8. The van der Waals surface area contributed by atoms with Crippen molar-refractivity contribution < 1.29 is 13.2 Å². The van der Waals surface area contributed by atoms with Crippen LogP contribution in [0.3, 0.4) is 0 Å². The molecule has 0 aliphatic heterocycles. The Morgan fingerprint density at radius 1 is 1.00 bits per heavy atom. The largest absolute Gasteiger partial charge is 0.348 e. The Bertz CT molecular complexity index is 1250. The van der Waals surface area contributed by atoms with Crippen molar-refractivity contribution in [1.82, 2.24) is 9.62 Å². The molecule has 5 nitrogen and oxygen atoms in total. The number of benzene rings is 3. The molecule has 174 valence electrons. The van der Waals surface area contributed by atoms with Crippen LogP contribution in [0.4, 0.5) is 0 Å². The molecule has 0 bridgehead atoms. The summed E-state index contributed by atoms with van der Waals surface area (Å²) in [5.74, 6) is -0.444. The van der Waals surface area contributed by atoms with E-state index in [1.165, 1.54) is 24.3 Å². The Hall–Kier alpha value is -1.61. The van der Waals surface area contributed by atoms with E-state index in [4.69, 9.17) is 34.8 Å². The molecule has 33 heavy (non-hydrogen) atoms. The highest BCUT2D eigenvalue weighted by Gasteiger charge is 2.27. The number of amides is 1. The molecule has 0 aliphatic rings. The number of carbonyl (C=O) groups is 1. The standard InChI is InChI=1S/C23H20BrCl3N2O3S/c1-15(17-3-2-4-18(24)12-17)28-23(30)14-29(13-16-5-10-21(26)22(27)11-16)33(31,32)20-8-6-19(25)7-9-20/h2-12,15H,13-14H2,1H3,(H,28,30)/t15-/m1/s1. The van der Waals surface area contributed by atoms with Crippen LogP contribution in [0.1, 0.15) is 24.1 Å². The van der Waals surface area contributed by atoms with E-state index in [2.05, 4.69) is 21.2 Å². The molecule has 10 heteroatoms. The quantitative estimate of drug-likeness (QED) is 0.327. The van der Waals surface area contributed by atoms with Gasteiger partial charge in [-0.25, -0.2) is 8.42 Å². The second-order valence-corrected chi connectivity index (χ2v) is 11.4. The zero-order valence-corrected chi connectivity index (χ0v) is 22.1. The van der Waals surface area contributed by atoms with Crippen molar-refractivity contribution in [3.05, 3.63) is 97.4 Å². The van der Waals surface area contributed by atoms with Crippen LogP contribution in [-0.2, 0) is 21.4 Å². The maximum Gasteiger partial charge on any atom is 0.243 e. The maximum absolute atomic E-state index is 13.4. The van der Waals surface area contributed by atoms with Gasteiger partial charge in [0.1, 0.15) is 0 Å². The molecule has 1 N–H and O–H groups in total. The first-order chi connectivity index (χ1) is 15.6. The molecule has 3 aromatic rings. The highest BCUT2D eigenvalue weighted by atomic mass is 79.9. The third-order valence-electron chi connectivity index (χ3n) is 4.84. The smallest absolute Gasteiger partial charge is 0.243 e. The average molecular weight is 591 g/mol. The third-order valence-corrected chi connectivity index (χ3v) is 8.13. The average Bonchev–Trinajstić information content (AvgIpc) is 2.76. The van der Waals surface area contributed by atoms with Crippen molar-refractivity contribution in [3.8, 4) is 0 Å². The van der Waals surface area contributed by atoms with E-state index in [-0.39, 0.29) is 24.0 Å². The number of sulfonamides is 1. The van der Waals surface area contributed by atoms with Crippen molar-refractivity contribution in [3.63, 3.8) is 0 Å². The summed E-state index contributed by atoms with van der Waals surface area (Å²) in [4.78, 5) is 12.9. The zero-order chi connectivity index (χ0) is 24.2. The minimum atomic E-state index is -4.01. The summed E-state index contributed by atoms with van der Waals surface area (Å²) in [6.07, 6.45) is 0. The lowest BCUT2D eigenvalue weighted by atomic mass is 10.1. The van der Waals surface area contributed by atoms with Crippen LogP contribution in [0.15, 0.2) is 76.1 Å². The van der Waals surface area contributed by atoms with E-state index in [1.807, 2.05) is 31.2 Å². The first-order valence-electron chi connectivity index (χ1n) is 9.81. The molecule has 0 aromatic heterocycles. The Morgan fingerprint density at radius 3 is 2.33 bits per heavy atom. The summed E-state index contributed by atoms with van der Waals surface area (Å²) in [7, 11) is -4.01. The van der Waals surface area contributed by atoms with Crippen LogP contribution in [-0.4, -0.2) is 25.2 Å². The lowest BCUT2D eigenvalue weighted by Gasteiger charge is -2.23. The highest BCUT2D eigenvalue weighted by Crippen LogP contribution is 2.26. The van der Waals surface area contributed by atoms with Gasteiger partial charge in [0, 0.05) is 16.0 Å². The second-order valence-electron chi connectivity index (χ2n) is 7.32. The summed E-state index contributed by atoms with van der Waals surface area (Å²) in [5.41, 5.74) is 1.48. The molecule has 1 amide bonds. The fourth-order valence-electron chi connectivity index (χ4n) is 3.13. The van der Waals surface area contributed by atoms with Crippen molar-refractivity contribution >= 4 is 66.7 Å². The fourth-order valence-corrected chi connectivity index (χ4v) is 5.38. The molecule has 0 spiro atoms. The van der Waals surface area contributed by atoms with Crippen LogP contribution in [0, 0.1) is 0 Å². The fraction of sp³-hybridized carbons (Fsp3) is 0.174. The Labute approximate surface area is 216 Å². The molecule has 3 aromatic carbocycles. The Kier molecular flexibility index (Phi) is 8.83. The molecule has 0 unspecified atom stereocenters. The van der Waals surface area contributed by atoms with Gasteiger partial charge in [0.05, 0.1) is 27.5 Å². The minimum Gasteiger partial charge on any atom is -0.348 e. The van der Waals surface area contributed by atoms with Gasteiger partial charge in [-0.15, -0.1) is 0 Å². The van der Waals surface area contributed by atoms with Gasteiger partial charge in [0.2, 0.25) is 15.9 Å². The van der Waals surface area contributed by atoms with Crippen molar-refractivity contribution in [2.75, 3.05) is 6.54 Å². The molecular formula is C23H20BrCl3N2O3S. The molecule has 3 rings (SSSR count). The number of hydrogen-bond donors (Lipinski definition) is 1. The van der Waals surface area contributed by atoms with Gasteiger partial charge in [-0.3, -0.25) is 4.79 Å². The number of nitrogens with zero attached hydrogens (tertiary/aromatic N) is 1. The molecule has 1 atom stereocenters. The molecule has 0 saturated heterocycles. The predicted octanol–water partition coefficient (Wildman–Crippen LogP) is 6.48. The first-order valence-corrected chi connectivity index (χ1v) is 13.2.